The van der Waals surface area contributed by atoms with E-state index in [-0.39, 0.29) is 6.42 Å². The van der Waals surface area contributed by atoms with Crippen LogP contribution in [0.5, 0.6) is 0 Å². The molecule has 2 amide bonds. The second-order valence-corrected chi connectivity index (χ2v) is 5.66. The topological polar surface area (TPSA) is 117 Å². The lowest BCUT2D eigenvalue weighted by Gasteiger charge is -2.24. The number of benzene rings is 1. The van der Waals surface area contributed by atoms with Gasteiger partial charge in [0.05, 0.1) is 13.2 Å². The fraction of sp³-hybridized carbons (Fsp3) is 0.438. The van der Waals surface area contributed by atoms with Gasteiger partial charge in [-0.3, -0.25) is 4.79 Å². The van der Waals surface area contributed by atoms with Crippen molar-refractivity contribution in [2.24, 2.45) is 0 Å². The Hall–Kier alpha value is -2.81. The van der Waals surface area contributed by atoms with E-state index in [9.17, 15) is 9.59 Å². The normalized spacial score (nSPS) is 14.5. The molecule has 0 aliphatic carbocycles. The fourth-order valence-electron chi connectivity index (χ4n) is 2.50. The Morgan fingerprint density at radius 3 is 2.84 bits per heavy atom. The molecule has 1 saturated heterocycles. The van der Waals surface area contributed by atoms with Gasteiger partial charge in [0.1, 0.15) is 5.52 Å². The van der Waals surface area contributed by atoms with Crippen LogP contribution in [-0.4, -0.2) is 54.9 Å². The highest BCUT2D eigenvalue weighted by Gasteiger charge is 2.17. The highest BCUT2D eigenvalue weighted by atomic mass is 16.5. The number of urea groups is 1. The van der Waals surface area contributed by atoms with E-state index in [2.05, 4.69) is 15.6 Å². The van der Waals surface area contributed by atoms with Crippen molar-refractivity contribution in [2.75, 3.05) is 43.1 Å². The number of hydrogen-bond donors (Lipinski definition) is 3. The van der Waals surface area contributed by atoms with Crippen LogP contribution in [-0.2, 0) is 9.53 Å². The summed E-state index contributed by atoms with van der Waals surface area (Å²) >= 11 is 0. The summed E-state index contributed by atoms with van der Waals surface area (Å²) in [5.41, 5.74) is 1.88. The van der Waals surface area contributed by atoms with Crippen molar-refractivity contribution in [2.45, 2.75) is 12.8 Å². The molecule has 1 aliphatic rings. The summed E-state index contributed by atoms with van der Waals surface area (Å²) in [6.07, 6.45) is 0.404. The second kappa shape index (κ2) is 7.84. The second-order valence-electron chi connectivity index (χ2n) is 5.66. The van der Waals surface area contributed by atoms with Crippen LogP contribution in [0.1, 0.15) is 12.8 Å². The van der Waals surface area contributed by atoms with E-state index in [1.165, 1.54) is 0 Å². The molecular weight excluding hydrogens is 328 g/mol. The molecule has 25 heavy (non-hydrogen) atoms. The van der Waals surface area contributed by atoms with Crippen LogP contribution in [0, 0.1) is 0 Å². The van der Waals surface area contributed by atoms with E-state index in [4.69, 9.17) is 14.3 Å². The first-order chi connectivity index (χ1) is 12.1. The van der Waals surface area contributed by atoms with Gasteiger partial charge in [0, 0.05) is 37.8 Å². The predicted molar refractivity (Wildman–Crippen MR) is 90.9 cm³/mol. The number of fused-ring (bicyclic) bond motifs is 1. The Bertz CT molecular complexity index is 754. The van der Waals surface area contributed by atoms with Crippen LogP contribution in [0.3, 0.4) is 0 Å². The molecule has 2 aromatic rings. The third-order valence-corrected chi connectivity index (χ3v) is 3.77. The number of morpholine rings is 1. The van der Waals surface area contributed by atoms with Crippen molar-refractivity contribution in [3.63, 3.8) is 0 Å². The van der Waals surface area contributed by atoms with E-state index < -0.39 is 12.0 Å². The third-order valence-electron chi connectivity index (χ3n) is 3.77. The van der Waals surface area contributed by atoms with Crippen LogP contribution in [0.25, 0.3) is 11.1 Å². The van der Waals surface area contributed by atoms with Crippen LogP contribution in [0.4, 0.5) is 16.5 Å². The summed E-state index contributed by atoms with van der Waals surface area (Å²) in [6, 6.07) is 5.39. The van der Waals surface area contributed by atoms with Crippen molar-refractivity contribution in [3.05, 3.63) is 18.2 Å². The van der Waals surface area contributed by atoms with E-state index >= 15 is 0 Å². The summed E-state index contributed by atoms with van der Waals surface area (Å²) in [5.74, 6) is -0.881. The average molecular weight is 348 g/mol. The van der Waals surface area contributed by atoms with E-state index in [1.54, 1.807) is 18.2 Å². The minimum absolute atomic E-state index is 0.0224. The van der Waals surface area contributed by atoms with Crippen molar-refractivity contribution in [3.8, 4) is 0 Å². The number of carboxylic acid groups (broad SMARTS) is 1. The first-order valence-corrected chi connectivity index (χ1v) is 8.12. The molecule has 1 aromatic carbocycles. The van der Waals surface area contributed by atoms with Gasteiger partial charge in [-0.05, 0) is 18.6 Å². The lowest BCUT2D eigenvalue weighted by atomic mass is 10.3. The van der Waals surface area contributed by atoms with Gasteiger partial charge in [-0.15, -0.1) is 0 Å². The number of oxazole rings is 1. The fourth-order valence-corrected chi connectivity index (χ4v) is 2.50. The summed E-state index contributed by atoms with van der Waals surface area (Å²) in [7, 11) is 0. The number of nitrogens with one attached hydrogen (secondary N) is 2. The molecule has 0 saturated carbocycles. The number of carboxylic acids is 1. The third kappa shape index (κ3) is 4.60. The molecule has 0 atom stereocenters. The highest BCUT2D eigenvalue weighted by molar-refractivity contribution is 5.91. The monoisotopic (exact) mass is 348 g/mol. The molecule has 1 aliphatic heterocycles. The first-order valence-electron chi connectivity index (χ1n) is 8.12. The van der Waals surface area contributed by atoms with Gasteiger partial charge in [-0.25, -0.2) is 4.79 Å². The number of nitrogens with zero attached hydrogens (tertiary/aromatic N) is 2. The lowest BCUT2D eigenvalue weighted by Crippen LogP contribution is -2.36. The first kappa shape index (κ1) is 17.0. The van der Waals surface area contributed by atoms with E-state index in [0.717, 1.165) is 13.1 Å². The van der Waals surface area contributed by atoms with Gasteiger partial charge < -0.3 is 29.8 Å². The maximum absolute atomic E-state index is 11.8. The van der Waals surface area contributed by atoms with Crippen molar-refractivity contribution in [1.82, 2.24) is 10.3 Å². The van der Waals surface area contributed by atoms with Crippen LogP contribution in [0.2, 0.25) is 0 Å². The standard InChI is InChI=1S/C16H20N4O5/c21-14(22)2-1-5-17-15(23)18-11-3-4-12-13(10-11)25-16(19-12)20-6-8-24-9-7-20/h3-4,10H,1-2,5-9H2,(H,21,22)(H2,17,18,23). The number of carbonyl (C=O) groups excluding carboxylic acids is 1. The molecule has 0 unspecified atom stereocenters. The van der Waals surface area contributed by atoms with Crippen LogP contribution >= 0.6 is 0 Å². The number of aliphatic carboxylic acids is 1. The Kier molecular flexibility index (Phi) is 5.34. The van der Waals surface area contributed by atoms with Gasteiger partial charge >= 0.3 is 12.0 Å². The maximum atomic E-state index is 11.8. The van der Waals surface area contributed by atoms with Gasteiger partial charge in [0.15, 0.2) is 5.58 Å². The molecule has 9 nitrogen and oxygen atoms in total. The molecule has 3 N–H and O–H groups in total. The number of amides is 2. The molecule has 0 spiro atoms. The number of aromatic nitrogens is 1. The van der Waals surface area contributed by atoms with Gasteiger partial charge in [-0.1, -0.05) is 0 Å². The molecule has 0 bridgehead atoms. The molecule has 2 heterocycles. The number of hydrogen-bond acceptors (Lipinski definition) is 6. The van der Waals surface area contributed by atoms with Crippen molar-refractivity contribution >= 4 is 34.8 Å². The lowest BCUT2D eigenvalue weighted by molar-refractivity contribution is -0.137. The number of rotatable bonds is 6. The van der Waals surface area contributed by atoms with Crippen LogP contribution in [0.15, 0.2) is 22.6 Å². The number of ether oxygens (including phenoxy) is 1. The molecule has 0 radical (unpaired) electrons. The SMILES string of the molecule is O=C(O)CCCNC(=O)Nc1ccc2nc(N3CCOCC3)oc2c1. The van der Waals surface area contributed by atoms with Gasteiger partial charge in [-0.2, -0.15) is 4.98 Å². The van der Waals surface area contributed by atoms with Gasteiger partial charge in [0.25, 0.3) is 6.01 Å². The Morgan fingerprint density at radius 2 is 2.08 bits per heavy atom. The Morgan fingerprint density at radius 1 is 1.28 bits per heavy atom. The minimum Gasteiger partial charge on any atom is -0.481 e. The average Bonchev–Trinajstić information content (AvgIpc) is 3.03. The summed E-state index contributed by atoms with van der Waals surface area (Å²) in [6.45, 7) is 3.05. The highest BCUT2D eigenvalue weighted by Crippen LogP contribution is 2.25. The van der Waals surface area contributed by atoms with Crippen molar-refractivity contribution in [1.29, 1.82) is 0 Å². The molecule has 3 rings (SSSR count). The molecule has 1 aromatic heterocycles. The van der Waals surface area contributed by atoms with E-state index in [1.807, 2.05) is 4.90 Å². The molecule has 9 heteroatoms. The number of carbonyl (C=O) groups is 2. The Labute approximate surface area is 143 Å². The summed E-state index contributed by atoms with van der Waals surface area (Å²) < 4.78 is 11.1. The molecule has 1 fully saturated rings. The van der Waals surface area contributed by atoms with Crippen molar-refractivity contribution < 1.29 is 23.8 Å². The zero-order valence-electron chi connectivity index (χ0n) is 13.7. The largest absolute Gasteiger partial charge is 0.481 e. The van der Waals surface area contributed by atoms with Crippen LogP contribution < -0.4 is 15.5 Å². The number of anilines is 2. The zero-order chi connectivity index (χ0) is 17.6. The smallest absolute Gasteiger partial charge is 0.319 e. The maximum Gasteiger partial charge on any atom is 0.319 e. The predicted octanol–water partition coefficient (Wildman–Crippen LogP) is 1.65. The minimum atomic E-state index is -0.881. The van der Waals surface area contributed by atoms with Gasteiger partial charge in [0.2, 0.25) is 0 Å². The molecule has 134 valence electrons. The summed E-state index contributed by atoms with van der Waals surface area (Å²) in [4.78, 5) is 28.7. The quantitative estimate of drug-likeness (QED) is 0.680. The zero-order valence-corrected chi connectivity index (χ0v) is 13.7. The molecular formula is C16H20N4O5. The summed E-state index contributed by atoms with van der Waals surface area (Å²) in [5, 5.41) is 13.9. The Balaban J connectivity index is 1.58. The van der Waals surface area contributed by atoms with E-state index in [0.29, 0.717) is 49.0 Å².